The van der Waals surface area contributed by atoms with Gasteiger partial charge >= 0.3 is 0 Å². The van der Waals surface area contributed by atoms with Gasteiger partial charge < -0.3 is 14.6 Å². The molecule has 6 nitrogen and oxygen atoms in total. The average molecular weight is 358 g/mol. The number of fused-ring (bicyclic) bond motifs is 1. The molecule has 2 aliphatic heterocycles. The molecule has 0 saturated carbocycles. The van der Waals surface area contributed by atoms with Crippen molar-refractivity contribution >= 4 is 29.0 Å². The first-order valence-corrected chi connectivity index (χ1v) is 7.86. The molecule has 7 heteroatoms. The van der Waals surface area contributed by atoms with E-state index in [4.69, 9.17) is 21.1 Å². The molecule has 2 aromatic carbocycles. The number of rotatable bonds is 3. The maximum atomic E-state index is 12.6. The van der Waals surface area contributed by atoms with Gasteiger partial charge in [-0.05, 0) is 35.4 Å². The SMILES string of the molecule is O=C1C(O)=C(c2ccc(Cl)cc2)C(=O)N1Cc1ccc2c(c1)OCO2. The van der Waals surface area contributed by atoms with Gasteiger partial charge in [0.15, 0.2) is 17.3 Å². The molecular formula is C18H12ClNO5. The standard InChI is InChI=1S/C18H12ClNO5/c19-12-4-2-11(3-5-12)15-16(21)18(23)20(17(15)22)8-10-1-6-13-14(7-10)25-9-24-13/h1-7,21H,8-9H2. The zero-order valence-corrected chi connectivity index (χ0v) is 13.6. The number of hydrogen-bond acceptors (Lipinski definition) is 5. The van der Waals surface area contributed by atoms with Gasteiger partial charge in [0, 0.05) is 5.02 Å². The molecule has 0 atom stereocenters. The molecule has 0 aromatic heterocycles. The normalized spacial score (nSPS) is 16.1. The number of aliphatic hydroxyl groups is 1. The van der Waals surface area contributed by atoms with Crippen LogP contribution in [0.5, 0.6) is 11.5 Å². The van der Waals surface area contributed by atoms with E-state index in [1.165, 1.54) is 0 Å². The lowest BCUT2D eigenvalue weighted by molar-refractivity contribution is -0.138. The van der Waals surface area contributed by atoms with Crippen molar-refractivity contribution in [3.8, 4) is 11.5 Å². The van der Waals surface area contributed by atoms with Crippen LogP contribution in [0.2, 0.25) is 5.02 Å². The molecule has 0 unspecified atom stereocenters. The molecule has 2 aliphatic rings. The van der Waals surface area contributed by atoms with Gasteiger partial charge in [0.25, 0.3) is 11.8 Å². The molecule has 2 amide bonds. The van der Waals surface area contributed by atoms with E-state index in [1.54, 1.807) is 42.5 Å². The molecule has 25 heavy (non-hydrogen) atoms. The van der Waals surface area contributed by atoms with Crippen LogP contribution >= 0.6 is 11.6 Å². The van der Waals surface area contributed by atoms with E-state index in [0.29, 0.717) is 27.6 Å². The molecular weight excluding hydrogens is 346 g/mol. The smallest absolute Gasteiger partial charge is 0.296 e. The number of ether oxygens (including phenoxy) is 2. The Balaban J connectivity index is 1.61. The highest BCUT2D eigenvalue weighted by Gasteiger charge is 2.39. The van der Waals surface area contributed by atoms with Crippen LogP contribution in [0, 0.1) is 0 Å². The quantitative estimate of drug-likeness (QED) is 0.855. The minimum Gasteiger partial charge on any atom is -0.502 e. The lowest BCUT2D eigenvalue weighted by atomic mass is 10.1. The second kappa shape index (κ2) is 5.82. The van der Waals surface area contributed by atoms with Crippen molar-refractivity contribution in [2.45, 2.75) is 6.54 Å². The molecule has 0 spiro atoms. The molecule has 0 saturated heterocycles. The van der Waals surface area contributed by atoms with Crippen molar-refractivity contribution < 1.29 is 24.2 Å². The first kappa shape index (κ1) is 15.5. The average Bonchev–Trinajstić information content (AvgIpc) is 3.15. The van der Waals surface area contributed by atoms with Gasteiger partial charge in [-0.2, -0.15) is 0 Å². The fourth-order valence-corrected chi connectivity index (χ4v) is 2.93. The summed E-state index contributed by atoms with van der Waals surface area (Å²) in [5, 5.41) is 10.6. The Bertz CT molecular complexity index is 920. The first-order valence-electron chi connectivity index (χ1n) is 7.48. The lowest BCUT2D eigenvalue weighted by Gasteiger charge is -2.15. The van der Waals surface area contributed by atoms with Gasteiger partial charge in [-0.25, -0.2) is 0 Å². The Morgan fingerprint density at radius 1 is 1.00 bits per heavy atom. The number of amides is 2. The van der Waals surface area contributed by atoms with Crippen LogP contribution in [0.1, 0.15) is 11.1 Å². The molecule has 0 radical (unpaired) electrons. The monoisotopic (exact) mass is 357 g/mol. The van der Waals surface area contributed by atoms with Gasteiger partial charge in [-0.3, -0.25) is 14.5 Å². The molecule has 0 fully saturated rings. The van der Waals surface area contributed by atoms with E-state index in [1.807, 2.05) is 0 Å². The topological polar surface area (TPSA) is 76.1 Å². The van der Waals surface area contributed by atoms with Gasteiger partial charge in [0.2, 0.25) is 6.79 Å². The zero-order valence-electron chi connectivity index (χ0n) is 12.9. The number of imide groups is 1. The van der Waals surface area contributed by atoms with E-state index in [-0.39, 0.29) is 18.9 Å². The number of nitrogens with zero attached hydrogens (tertiary/aromatic N) is 1. The van der Waals surface area contributed by atoms with Crippen LogP contribution in [-0.2, 0) is 16.1 Å². The summed E-state index contributed by atoms with van der Waals surface area (Å²) >= 11 is 5.84. The molecule has 0 bridgehead atoms. The van der Waals surface area contributed by atoms with Gasteiger partial charge in [0.05, 0.1) is 12.1 Å². The Morgan fingerprint density at radius 2 is 1.72 bits per heavy atom. The number of carbonyl (C=O) groups is 2. The zero-order chi connectivity index (χ0) is 17.6. The third-order valence-electron chi connectivity index (χ3n) is 4.05. The fraction of sp³-hybridized carbons (Fsp3) is 0.111. The summed E-state index contributed by atoms with van der Waals surface area (Å²) in [5.74, 6) is -0.666. The summed E-state index contributed by atoms with van der Waals surface area (Å²) < 4.78 is 10.5. The van der Waals surface area contributed by atoms with E-state index in [2.05, 4.69) is 0 Å². The third-order valence-corrected chi connectivity index (χ3v) is 4.31. The fourth-order valence-electron chi connectivity index (χ4n) is 2.81. The number of carbonyl (C=O) groups excluding carboxylic acids is 2. The molecule has 2 aromatic rings. The van der Waals surface area contributed by atoms with Crippen molar-refractivity contribution in [1.82, 2.24) is 4.90 Å². The number of hydrogen-bond donors (Lipinski definition) is 1. The molecule has 1 N–H and O–H groups in total. The van der Waals surface area contributed by atoms with Crippen LogP contribution in [0.4, 0.5) is 0 Å². The highest BCUT2D eigenvalue weighted by Crippen LogP contribution is 2.34. The van der Waals surface area contributed by atoms with Crippen molar-refractivity contribution in [3.05, 3.63) is 64.4 Å². The lowest BCUT2D eigenvalue weighted by Crippen LogP contribution is -2.31. The van der Waals surface area contributed by atoms with E-state index in [9.17, 15) is 14.7 Å². The Morgan fingerprint density at radius 3 is 2.48 bits per heavy atom. The maximum Gasteiger partial charge on any atom is 0.296 e. The predicted octanol–water partition coefficient (Wildman–Crippen LogP) is 2.91. The van der Waals surface area contributed by atoms with Crippen molar-refractivity contribution in [2.24, 2.45) is 0 Å². The van der Waals surface area contributed by atoms with Crippen molar-refractivity contribution in [3.63, 3.8) is 0 Å². The van der Waals surface area contributed by atoms with E-state index < -0.39 is 17.6 Å². The predicted molar refractivity (Wildman–Crippen MR) is 89.1 cm³/mol. The highest BCUT2D eigenvalue weighted by atomic mass is 35.5. The van der Waals surface area contributed by atoms with Crippen LogP contribution in [0.3, 0.4) is 0 Å². The Kier molecular flexibility index (Phi) is 3.62. The van der Waals surface area contributed by atoms with Crippen LogP contribution in [-0.4, -0.2) is 28.6 Å². The highest BCUT2D eigenvalue weighted by molar-refractivity contribution is 6.35. The van der Waals surface area contributed by atoms with Crippen molar-refractivity contribution in [2.75, 3.05) is 6.79 Å². The molecule has 4 rings (SSSR count). The number of halogens is 1. The maximum absolute atomic E-state index is 12.6. The summed E-state index contributed by atoms with van der Waals surface area (Å²) in [6, 6.07) is 11.5. The van der Waals surface area contributed by atoms with E-state index >= 15 is 0 Å². The van der Waals surface area contributed by atoms with Gasteiger partial charge in [-0.1, -0.05) is 29.8 Å². The molecule has 126 valence electrons. The summed E-state index contributed by atoms with van der Waals surface area (Å²) in [6.07, 6.45) is 0. The molecule has 0 aliphatic carbocycles. The largest absolute Gasteiger partial charge is 0.502 e. The summed E-state index contributed by atoms with van der Waals surface area (Å²) in [7, 11) is 0. The Labute approximate surface area is 147 Å². The van der Waals surface area contributed by atoms with Crippen LogP contribution < -0.4 is 9.47 Å². The summed E-state index contributed by atoms with van der Waals surface area (Å²) in [4.78, 5) is 26.0. The molecule has 2 heterocycles. The van der Waals surface area contributed by atoms with Gasteiger partial charge in [-0.15, -0.1) is 0 Å². The summed E-state index contributed by atoms with van der Waals surface area (Å²) in [5.41, 5.74) is 1.10. The first-order chi connectivity index (χ1) is 12.0. The minimum atomic E-state index is -0.729. The number of benzene rings is 2. The van der Waals surface area contributed by atoms with Gasteiger partial charge in [0.1, 0.15) is 0 Å². The minimum absolute atomic E-state index is 0.0233. The second-order valence-corrected chi connectivity index (χ2v) is 6.05. The van der Waals surface area contributed by atoms with Crippen LogP contribution in [0.25, 0.3) is 5.57 Å². The second-order valence-electron chi connectivity index (χ2n) is 5.61. The summed E-state index contributed by atoms with van der Waals surface area (Å²) in [6.45, 7) is 0.166. The van der Waals surface area contributed by atoms with E-state index in [0.717, 1.165) is 4.90 Å². The van der Waals surface area contributed by atoms with Crippen molar-refractivity contribution in [1.29, 1.82) is 0 Å². The third kappa shape index (κ3) is 2.60. The number of aliphatic hydroxyl groups excluding tert-OH is 1. The van der Waals surface area contributed by atoms with Crippen LogP contribution in [0.15, 0.2) is 48.2 Å². The Hall–Kier alpha value is -2.99.